The minimum absolute atomic E-state index is 0.0717. The first-order chi connectivity index (χ1) is 12.5. The molecule has 3 rings (SSSR count). The summed E-state index contributed by atoms with van der Waals surface area (Å²) in [5, 5.41) is 12.3. The summed E-state index contributed by atoms with van der Waals surface area (Å²) in [6.07, 6.45) is 0. The highest BCUT2D eigenvalue weighted by Crippen LogP contribution is 2.19. The summed E-state index contributed by atoms with van der Waals surface area (Å²) in [5.74, 6) is -3.38. The molecule has 1 heterocycles. The van der Waals surface area contributed by atoms with Gasteiger partial charge in [-0.3, -0.25) is 14.7 Å². The monoisotopic (exact) mass is 378 g/mol. The number of rotatable bonds is 5. The Morgan fingerprint density at radius 3 is 2.46 bits per heavy atom. The minimum Gasteiger partial charge on any atom is -0.350 e. The average molecular weight is 379 g/mol. The Hall–Kier alpha value is -3.00. The Morgan fingerprint density at radius 1 is 1.04 bits per heavy atom. The highest BCUT2D eigenvalue weighted by molar-refractivity contribution is 6.33. The second-order valence-electron chi connectivity index (χ2n) is 5.38. The summed E-state index contributed by atoms with van der Waals surface area (Å²) in [4.78, 5) is 24.1. The molecule has 0 saturated heterocycles. The zero-order chi connectivity index (χ0) is 18.7. The van der Waals surface area contributed by atoms with Gasteiger partial charge in [0.15, 0.2) is 17.3 Å². The molecular weight excluding hydrogens is 366 g/mol. The van der Waals surface area contributed by atoms with Gasteiger partial charge in [-0.15, -0.1) is 0 Å². The number of carbonyl (C=O) groups excluding carboxylic acids is 2. The van der Waals surface area contributed by atoms with Crippen LogP contribution in [0.15, 0.2) is 36.4 Å². The van der Waals surface area contributed by atoms with Crippen molar-refractivity contribution >= 4 is 34.3 Å². The maximum Gasteiger partial charge on any atom is 0.272 e. The van der Waals surface area contributed by atoms with Crippen LogP contribution < -0.4 is 10.6 Å². The van der Waals surface area contributed by atoms with E-state index in [1.807, 2.05) is 6.07 Å². The lowest BCUT2D eigenvalue weighted by molar-refractivity contribution is 0.0925. The van der Waals surface area contributed by atoms with Crippen LogP contribution in [-0.2, 0) is 0 Å². The molecule has 0 aliphatic carbocycles. The van der Waals surface area contributed by atoms with E-state index in [4.69, 9.17) is 11.6 Å². The number of benzene rings is 2. The highest BCUT2D eigenvalue weighted by Gasteiger charge is 2.16. The highest BCUT2D eigenvalue weighted by atomic mass is 35.5. The summed E-state index contributed by atoms with van der Waals surface area (Å²) in [7, 11) is 0. The van der Waals surface area contributed by atoms with Crippen molar-refractivity contribution in [1.82, 2.24) is 20.8 Å². The van der Waals surface area contributed by atoms with Crippen molar-refractivity contribution in [2.24, 2.45) is 0 Å². The van der Waals surface area contributed by atoms with Gasteiger partial charge < -0.3 is 10.6 Å². The summed E-state index contributed by atoms with van der Waals surface area (Å²) in [6.45, 7) is 0.190. The number of hydrogen-bond donors (Lipinski definition) is 3. The van der Waals surface area contributed by atoms with E-state index < -0.39 is 23.4 Å². The van der Waals surface area contributed by atoms with Crippen molar-refractivity contribution in [2.45, 2.75) is 0 Å². The molecule has 0 radical (unpaired) electrons. The molecule has 0 fully saturated rings. The van der Waals surface area contributed by atoms with Gasteiger partial charge in [0.25, 0.3) is 11.8 Å². The van der Waals surface area contributed by atoms with E-state index in [-0.39, 0.29) is 29.4 Å². The van der Waals surface area contributed by atoms with Crippen molar-refractivity contribution in [3.63, 3.8) is 0 Å². The number of amides is 2. The number of aromatic amines is 1. The molecule has 0 atom stereocenters. The molecule has 6 nitrogen and oxygen atoms in total. The molecule has 0 saturated carbocycles. The molecule has 0 spiro atoms. The SMILES string of the molecule is O=C(NCCNC(=O)c1n[nH]c2ccccc12)c1cc(F)c(F)cc1Cl. The summed E-state index contributed by atoms with van der Waals surface area (Å²) >= 11 is 5.73. The number of aromatic nitrogens is 2. The van der Waals surface area contributed by atoms with Gasteiger partial charge in [-0.2, -0.15) is 5.10 Å². The smallest absolute Gasteiger partial charge is 0.272 e. The number of carbonyl (C=O) groups is 2. The Bertz CT molecular complexity index is 990. The second kappa shape index (κ2) is 7.49. The lowest BCUT2D eigenvalue weighted by Gasteiger charge is -2.08. The first-order valence-electron chi connectivity index (χ1n) is 7.61. The molecular formula is C17H13ClF2N4O2. The number of nitrogens with one attached hydrogen (secondary N) is 3. The Morgan fingerprint density at radius 2 is 1.69 bits per heavy atom. The molecule has 0 aliphatic rings. The van der Waals surface area contributed by atoms with E-state index in [1.165, 1.54) is 0 Å². The molecule has 0 unspecified atom stereocenters. The molecule has 3 aromatic rings. The van der Waals surface area contributed by atoms with E-state index in [0.29, 0.717) is 5.39 Å². The quantitative estimate of drug-likeness (QED) is 0.471. The average Bonchev–Trinajstić information content (AvgIpc) is 3.05. The Balaban J connectivity index is 1.55. The molecule has 0 aliphatic heterocycles. The normalized spacial score (nSPS) is 10.7. The first kappa shape index (κ1) is 17.8. The fraction of sp³-hybridized carbons (Fsp3) is 0.118. The van der Waals surface area contributed by atoms with Crippen molar-refractivity contribution in [2.75, 3.05) is 13.1 Å². The summed E-state index contributed by atoms with van der Waals surface area (Å²) < 4.78 is 26.2. The number of para-hydroxylation sites is 1. The predicted octanol–water partition coefficient (Wildman–Crippen LogP) is 2.65. The first-order valence-corrected chi connectivity index (χ1v) is 7.99. The standard InChI is InChI=1S/C17H13ClF2N4O2/c18-11-8-13(20)12(19)7-10(11)16(25)21-5-6-22-17(26)15-9-3-1-2-4-14(9)23-24-15/h1-4,7-8H,5-6H2,(H,21,25)(H,22,26)(H,23,24). The largest absolute Gasteiger partial charge is 0.350 e. The van der Waals surface area contributed by atoms with Crippen LogP contribution in [0.3, 0.4) is 0 Å². The third-order valence-electron chi connectivity index (χ3n) is 3.64. The third-order valence-corrected chi connectivity index (χ3v) is 3.95. The number of H-pyrrole nitrogens is 1. The molecule has 1 aromatic heterocycles. The lowest BCUT2D eigenvalue weighted by Crippen LogP contribution is -2.35. The van der Waals surface area contributed by atoms with Crippen LogP contribution in [-0.4, -0.2) is 35.1 Å². The number of nitrogens with zero attached hydrogens (tertiary/aromatic N) is 1. The Labute approximate surface area is 151 Å². The molecule has 2 amide bonds. The minimum atomic E-state index is -1.17. The Kier molecular flexibility index (Phi) is 5.13. The van der Waals surface area contributed by atoms with Gasteiger partial charge >= 0.3 is 0 Å². The van der Waals surface area contributed by atoms with Gasteiger partial charge in [0.1, 0.15) is 0 Å². The molecule has 2 aromatic carbocycles. The maximum absolute atomic E-state index is 13.2. The molecule has 134 valence electrons. The molecule has 0 bridgehead atoms. The third kappa shape index (κ3) is 3.65. The maximum atomic E-state index is 13.2. The fourth-order valence-electron chi connectivity index (χ4n) is 2.36. The van der Waals surface area contributed by atoms with E-state index in [2.05, 4.69) is 20.8 Å². The molecule has 26 heavy (non-hydrogen) atoms. The van der Waals surface area contributed by atoms with Crippen LogP contribution in [0, 0.1) is 11.6 Å². The van der Waals surface area contributed by atoms with Crippen LogP contribution in [0.5, 0.6) is 0 Å². The van der Waals surface area contributed by atoms with Crippen molar-refractivity contribution in [3.05, 3.63) is 64.3 Å². The number of hydrogen-bond acceptors (Lipinski definition) is 3. The van der Waals surface area contributed by atoms with Crippen LogP contribution >= 0.6 is 11.6 Å². The zero-order valence-corrected chi connectivity index (χ0v) is 14.0. The van der Waals surface area contributed by atoms with E-state index in [1.54, 1.807) is 18.2 Å². The van der Waals surface area contributed by atoms with Crippen molar-refractivity contribution in [1.29, 1.82) is 0 Å². The fourth-order valence-corrected chi connectivity index (χ4v) is 2.60. The van der Waals surface area contributed by atoms with E-state index >= 15 is 0 Å². The number of halogens is 3. The van der Waals surface area contributed by atoms with Crippen LogP contribution in [0.25, 0.3) is 10.9 Å². The van der Waals surface area contributed by atoms with Crippen LogP contribution in [0.2, 0.25) is 5.02 Å². The zero-order valence-electron chi connectivity index (χ0n) is 13.3. The van der Waals surface area contributed by atoms with Gasteiger partial charge in [-0.1, -0.05) is 29.8 Å². The van der Waals surface area contributed by atoms with Gasteiger partial charge in [0, 0.05) is 18.5 Å². The summed E-state index contributed by atoms with van der Waals surface area (Å²) in [6, 6.07) is 8.63. The van der Waals surface area contributed by atoms with Gasteiger partial charge in [-0.05, 0) is 18.2 Å². The lowest BCUT2D eigenvalue weighted by atomic mass is 10.2. The second-order valence-corrected chi connectivity index (χ2v) is 5.78. The van der Waals surface area contributed by atoms with E-state index in [9.17, 15) is 18.4 Å². The van der Waals surface area contributed by atoms with E-state index in [0.717, 1.165) is 17.6 Å². The van der Waals surface area contributed by atoms with Crippen LogP contribution in [0.4, 0.5) is 8.78 Å². The van der Waals surface area contributed by atoms with Gasteiger partial charge in [0.05, 0.1) is 16.1 Å². The number of fused-ring (bicyclic) bond motifs is 1. The van der Waals surface area contributed by atoms with Gasteiger partial charge in [0.2, 0.25) is 0 Å². The topological polar surface area (TPSA) is 86.9 Å². The summed E-state index contributed by atoms with van der Waals surface area (Å²) in [5.41, 5.74) is 0.796. The molecule has 3 N–H and O–H groups in total. The molecule has 9 heteroatoms. The predicted molar refractivity (Wildman–Crippen MR) is 92.1 cm³/mol. The van der Waals surface area contributed by atoms with Crippen molar-refractivity contribution < 1.29 is 18.4 Å². The van der Waals surface area contributed by atoms with Crippen molar-refractivity contribution in [3.8, 4) is 0 Å². The van der Waals surface area contributed by atoms with Gasteiger partial charge in [-0.25, -0.2) is 8.78 Å². The van der Waals surface area contributed by atoms with Crippen LogP contribution in [0.1, 0.15) is 20.8 Å².